The summed E-state index contributed by atoms with van der Waals surface area (Å²) in [6, 6.07) is 0. The highest BCUT2D eigenvalue weighted by molar-refractivity contribution is 7.91. The van der Waals surface area contributed by atoms with Crippen molar-refractivity contribution in [3.8, 4) is 0 Å². The summed E-state index contributed by atoms with van der Waals surface area (Å²) in [6.45, 7) is 0.339. The zero-order valence-corrected chi connectivity index (χ0v) is 11.3. The Hall–Kier alpha value is -1.37. The van der Waals surface area contributed by atoms with Gasteiger partial charge in [-0.25, -0.2) is 13.4 Å². The summed E-state index contributed by atoms with van der Waals surface area (Å²) in [7, 11) is -3.11. The number of nitrogens with zero attached hydrogens (tertiary/aromatic N) is 2. The van der Waals surface area contributed by atoms with Crippen LogP contribution < -0.4 is 0 Å². The van der Waals surface area contributed by atoms with Gasteiger partial charge in [0.2, 0.25) is 0 Å². The third-order valence-corrected chi connectivity index (χ3v) is 6.26. The molecule has 3 heterocycles. The quantitative estimate of drug-likeness (QED) is 0.867. The molecule has 2 unspecified atom stereocenters. The van der Waals surface area contributed by atoms with Crippen molar-refractivity contribution in [2.24, 2.45) is 5.92 Å². The summed E-state index contributed by atoms with van der Waals surface area (Å²) in [4.78, 5) is 15.4. The van der Waals surface area contributed by atoms with Gasteiger partial charge >= 0.3 is 5.97 Å². The van der Waals surface area contributed by atoms with Gasteiger partial charge in [-0.15, -0.1) is 0 Å². The molecule has 19 heavy (non-hydrogen) atoms. The number of aryl methyl sites for hydroxylation is 1. The van der Waals surface area contributed by atoms with Crippen molar-refractivity contribution in [2.75, 3.05) is 5.75 Å². The van der Waals surface area contributed by atoms with E-state index >= 15 is 0 Å². The van der Waals surface area contributed by atoms with Crippen LogP contribution in [0.3, 0.4) is 0 Å². The monoisotopic (exact) mass is 284 g/mol. The van der Waals surface area contributed by atoms with Gasteiger partial charge in [-0.1, -0.05) is 0 Å². The van der Waals surface area contributed by atoms with Gasteiger partial charge in [-0.05, 0) is 25.7 Å². The van der Waals surface area contributed by atoms with Crippen LogP contribution in [0.5, 0.6) is 0 Å². The standard InChI is InChI=1S/C12H16N2O4S/c15-12(16)8-3-4-9-6-13-11(14(9)7-8)10-2-1-5-19(10,17)18/h6,8,10H,1-5,7H2,(H,15,16). The van der Waals surface area contributed by atoms with E-state index in [1.165, 1.54) is 0 Å². The van der Waals surface area contributed by atoms with E-state index in [1.807, 2.05) is 4.57 Å². The van der Waals surface area contributed by atoms with Crippen LogP contribution in [0.1, 0.15) is 36.0 Å². The molecule has 1 aromatic rings. The predicted molar refractivity (Wildman–Crippen MR) is 67.4 cm³/mol. The number of carboxylic acid groups (broad SMARTS) is 1. The first-order valence-corrected chi connectivity index (χ1v) is 8.19. The lowest BCUT2D eigenvalue weighted by atomic mass is 9.98. The van der Waals surface area contributed by atoms with Crippen LogP contribution in [0, 0.1) is 5.92 Å². The lowest BCUT2D eigenvalue weighted by molar-refractivity contribution is -0.142. The number of aliphatic carboxylic acids is 1. The van der Waals surface area contributed by atoms with E-state index in [0.717, 1.165) is 5.69 Å². The summed E-state index contributed by atoms with van der Waals surface area (Å²) in [5, 5.41) is 8.56. The number of hydrogen-bond acceptors (Lipinski definition) is 4. The van der Waals surface area contributed by atoms with Gasteiger partial charge in [0.15, 0.2) is 9.84 Å². The zero-order valence-electron chi connectivity index (χ0n) is 10.4. The third kappa shape index (κ3) is 2.05. The van der Waals surface area contributed by atoms with Gasteiger partial charge in [-0.3, -0.25) is 4.79 Å². The van der Waals surface area contributed by atoms with Crippen LogP contribution in [0.2, 0.25) is 0 Å². The molecule has 2 aliphatic heterocycles. The molecule has 6 nitrogen and oxygen atoms in total. The average molecular weight is 284 g/mol. The van der Waals surface area contributed by atoms with Crippen molar-refractivity contribution in [3.05, 3.63) is 17.7 Å². The van der Waals surface area contributed by atoms with Crippen LogP contribution in [0.4, 0.5) is 0 Å². The van der Waals surface area contributed by atoms with Crippen molar-refractivity contribution < 1.29 is 18.3 Å². The highest BCUT2D eigenvalue weighted by Gasteiger charge is 2.38. The van der Waals surface area contributed by atoms with Gasteiger partial charge in [0, 0.05) is 18.4 Å². The van der Waals surface area contributed by atoms with Crippen molar-refractivity contribution in [1.82, 2.24) is 9.55 Å². The molecule has 1 fully saturated rings. The summed E-state index contributed by atoms with van der Waals surface area (Å²) < 4.78 is 25.8. The van der Waals surface area contributed by atoms with E-state index in [-0.39, 0.29) is 5.75 Å². The van der Waals surface area contributed by atoms with E-state index in [4.69, 9.17) is 5.11 Å². The number of carboxylic acids is 1. The summed E-state index contributed by atoms with van der Waals surface area (Å²) >= 11 is 0. The van der Waals surface area contributed by atoms with Crippen LogP contribution in [-0.2, 0) is 27.6 Å². The lowest BCUT2D eigenvalue weighted by Crippen LogP contribution is -2.28. The minimum Gasteiger partial charge on any atom is -0.481 e. The molecule has 0 spiro atoms. The fourth-order valence-electron chi connectivity index (χ4n) is 3.01. The molecule has 7 heteroatoms. The Morgan fingerprint density at radius 1 is 1.42 bits per heavy atom. The molecule has 1 saturated heterocycles. The molecule has 2 atom stereocenters. The Balaban J connectivity index is 1.98. The zero-order chi connectivity index (χ0) is 13.6. The first kappa shape index (κ1) is 12.7. The van der Waals surface area contributed by atoms with Gasteiger partial charge < -0.3 is 9.67 Å². The molecular weight excluding hydrogens is 268 g/mol. The number of sulfone groups is 1. The summed E-state index contributed by atoms with van der Waals surface area (Å²) in [5.74, 6) is -0.509. The van der Waals surface area contributed by atoms with Gasteiger partial charge in [0.05, 0.1) is 11.7 Å². The minimum absolute atomic E-state index is 0.211. The Bertz CT molecular complexity index is 620. The molecule has 0 aliphatic carbocycles. The van der Waals surface area contributed by atoms with Crippen LogP contribution in [0.15, 0.2) is 6.20 Å². The topological polar surface area (TPSA) is 89.3 Å². The second-order valence-electron chi connectivity index (χ2n) is 5.29. The second-order valence-corrected chi connectivity index (χ2v) is 7.59. The highest BCUT2D eigenvalue weighted by atomic mass is 32.2. The molecule has 2 aliphatic rings. The van der Waals surface area contributed by atoms with Crippen LogP contribution >= 0.6 is 0 Å². The fraction of sp³-hybridized carbons (Fsp3) is 0.667. The molecule has 0 amide bonds. The van der Waals surface area contributed by atoms with Crippen molar-refractivity contribution in [2.45, 2.75) is 37.5 Å². The third-order valence-electron chi connectivity index (χ3n) is 4.09. The predicted octanol–water partition coefficient (Wildman–Crippen LogP) is 0.780. The second kappa shape index (κ2) is 4.33. The van der Waals surface area contributed by atoms with Gasteiger partial charge in [0.25, 0.3) is 0 Å². The molecule has 3 rings (SSSR count). The molecular formula is C12H16N2O4S. The molecule has 0 aromatic carbocycles. The molecule has 104 valence electrons. The first-order chi connectivity index (χ1) is 8.99. The Morgan fingerprint density at radius 3 is 2.84 bits per heavy atom. The number of rotatable bonds is 2. The van der Waals surface area contributed by atoms with Crippen molar-refractivity contribution in [1.29, 1.82) is 0 Å². The Kier molecular flexibility index (Phi) is 2.88. The van der Waals surface area contributed by atoms with Gasteiger partial charge in [0.1, 0.15) is 11.1 Å². The van der Waals surface area contributed by atoms with Crippen molar-refractivity contribution >= 4 is 15.8 Å². The minimum atomic E-state index is -3.11. The highest BCUT2D eigenvalue weighted by Crippen LogP contribution is 2.35. The van der Waals surface area contributed by atoms with E-state index < -0.39 is 27.0 Å². The number of aromatic nitrogens is 2. The maximum Gasteiger partial charge on any atom is 0.308 e. The molecule has 1 N–H and O–H groups in total. The SMILES string of the molecule is O=C(O)C1CCc2cnc(C3CCCS3(=O)=O)n2C1. The number of hydrogen-bond donors (Lipinski definition) is 1. The van der Waals surface area contributed by atoms with E-state index in [1.54, 1.807) is 6.20 Å². The van der Waals surface area contributed by atoms with E-state index in [2.05, 4.69) is 4.98 Å². The van der Waals surface area contributed by atoms with Crippen LogP contribution in [-0.4, -0.2) is 34.8 Å². The Labute approximate surface area is 111 Å². The normalized spacial score (nSPS) is 29.1. The molecule has 0 saturated carbocycles. The smallest absolute Gasteiger partial charge is 0.308 e. The van der Waals surface area contributed by atoms with Crippen molar-refractivity contribution in [3.63, 3.8) is 0 Å². The number of fused-ring (bicyclic) bond motifs is 1. The number of imidazole rings is 1. The average Bonchev–Trinajstić information content (AvgIpc) is 2.90. The van der Waals surface area contributed by atoms with Crippen LogP contribution in [0.25, 0.3) is 0 Å². The molecule has 1 aromatic heterocycles. The first-order valence-electron chi connectivity index (χ1n) is 6.48. The summed E-state index contributed by atoms with van der Waals surface area (Å²) in [5.41, 5.74) is 0.953. The lowest BCUT2D eigenvalue weighted by Gasteiger charge is -2.23. The molecule has 0 radical (unpaired) electrons. The van der Waals surface area contributed by atoms with Gasteiger partial charge in [-0.2, -0.15) is 0 Å². The van der Waals surface area contributed by atoms with E-state index in [9.17, 15) is 13.2 Å². The maximum absolute atomic E-state index is 12.0. The maximum atomic E-state index is 12.0. The number of carbonyl (C=O) groups is 1. The fourth-order valence-corrected chi connectivity index (χ4v) is 4.90. The summed E-state index contributed by atoms with van der Waals surface area (Å²) in [6.07, 6.45) is 4.20. The largest absolute Gasteiger partial charge is 0.481 e. The van der Waals surface area contributed by atoms with E-state index in [0.29, 0.717) is 38.1 Å². The Morgan fingerprint density at radius 2 is 2.21 bits per heavy atom. The molecule has 0 bridgehead atoms.